The number of aromatic nitrogens is 3. The Labute approximate surface area is 118 Å². The van der Waals surface area contributed by atoms with Crippen LogP contribution < -0.4 is 5.32 Å². The number of pyridine rings is 1. The van der Waals surface area contributed by atoms with Crippen LogP contribution in [0, 0.1) is 0 Å². The lowest BCUT2D eigenvalue weighted by Crippen LogP contribution is -2.35. The highest BCUT2D eigenvalue weighted by molar-refractivity contribution is 5.61. The monoisotopic (exact) mass is 272 g/mol. The van der Waals surface area contributed by atoms with E-state index in [1.165, 1.54) is 0 Å². The van der Waals surface area contributed by atoms with Crippen molar-refractivity contribution in [2.45, 2.75) is 44.4 Å². The zero-order chi connectivity index (χ0) is 13.8. The van der Waals surface area contributed by atoms with E-state index < -0.39 is 0 Å². The molecule has 0 radical (unpaired) electrons. The van der Waals surface area contributed by atoms with E-state index >= 15 is 0 Å². The summed E-state index contributed by atoms with van der Waals surface area (Å²) in [6, 6.07) is 4.34. The van der Waals surface area contributed by atoms with Gasteiger partial charge in [0.1, 0.15) is 0 Å². The second-order valence-electron chi connectivity index (χ2n) is 5.41. The van der Waals surface area contributed by atoms with Gasteiger partial charge in [-0.2, -0.15) is 5.10 Å². The number of rotatable bonds is 4. The Bertz CT molecular complexity index is 540. The summed E-state index contributed by atoms with van der Waals surface area (Å²) < 4.78 is 0. The second-order valence-corrected chi connectivity index (χ2v) is 5.41. The fraction of sp³-hybridized carbons (Fsp3) is 0.467. The van der Waals surface area contributed by atoms with Crippen molar-refractivity contribution in [1.82, 2.24) is 20.5 Å². The van der Waals surface area contributed by atoms with Crippen LogP contribution >= 0.6 is 0 Å². The molecule has 0 spiro atoms. The number of aliphatic hydroxyl groups is 1. The Morgan fingerprint density at radius 3 is 3.10 bits per heavy atom. The van der Waals surface area contributed by atoms with E-state index in [1.54, 1.807) is 6.20 Å². The molecule has 0 bridgehead atoms. The fourth-order valence-corrected chi connectivity index (χ4v) is 2.81. The van der Waals surface area contributed by atoms with Crippen LogP contribution in [0.5, 0.6) is 0 Å². The molecule has 5 nitrogen and oxygen atoms in total. The molecule has 0 aliphatic heterocycles. The predicted octanol–water partition coefficient (Wildman–Crippen LogP) is 1.86. The number of nitrogens with zero attached hydrogens (tertiary/aromatic N) is 2. The van der Waals surface area contributed by atoms with Crippen LogP contribution in [0.25, 0.3) is 11.3 Å². The lowest BCUT2D eigenvalue weighted by Gasteiger charge is -2.26. The Hall–Kier alpha value is -1.72. The molecule has 2 heterocycles. The minimum absolute atomic E-state index is 0.150. The molecule has 0 amide bonds. The van der Waals surface area contributed by atoms with Gasteiger partial charge in [-0.15, -0.1) is 0 Å². The number of H-pyrrole nitrogens is 1. The van der Waals surface area contributed by atoms with Crippen molar-refractivity contribution in [3.8, 4) is 11.3 Å². The number of hydrogen-bond acceptors (Lipinski definition) is 4. The third kappa shape index (κ3) is 3.05. The Balaban J connectivity index is 1.65. The van der Waals surface area contributed by atoms with Crippen LogP contribution in [0.1, 0.15) is 31.2 Å². The molecule has 2 aromatic heterocycles. The lowest BCUT2D eigenvalue weighted by molar-refractivity contribution is 0.111. The summed E-state index contributed by atoms with van der Waals surface area (Å²) in [6.45, 7) is 0.762. The summed E-state index contributed by atoms with van der Waals surface area (Å²) in [5.74, 6) is 0. The first-order valence-electron chi connectivity index (χ1n) is 7.17. The van der Waals surface area contributed by atoms with E-state index in [-0.39, 0.29) is 6.10 Å². The number of nitrogens with one attached hydrogen (secondary N) is 2. The van der Waals surface area contributed by atoms with Crippen molar-refractivity contribution in [1.29, 1.82) is 0 Å². The van der Waals surface area contributed by atoms with Crippen molar-refractivity contribution < 1.29 is 5.11 Å². The number of aromatic amines is 1. The smallest absolute Gasteiger partial charge is 0.0710 e. The van der Waals surface area contributed by atoms with Gasteiger partial charge >= 0.3 is 0 Å². The molecule has 3 N–H and O–H groups in total. The van der Waals surface area contributed by atoms with Crippen molar-refractivity contribution in [3.63, 3.8) is 0 Å². The normalized spacial score (nSPS) is 22.9. The van der Waals surface area contributed by atoms with Gasteiger partial charge in [-0.25, -0.2) is 0 Å². The summed E-state index contributed by atoms with van der Waals surface area (Å²) in [5, 5.41) is 20.4. The molecule has 20 heavy (non-hydrogen) atoms. The van der Waals surface area contributed by atoms with E-state index in [0.717, 1.165) is 49.0 Å². The van der Waals surface area contributed by atoms with Gasteiger partial charge in [-0.3, -0.25) is 10.1 Å². The number of aliphatic hydroxyl groups excluding tert-OH is 1. The third-order valence-corrected chi connectivity index (χ3v) is 3.90. The van der Waals surface area contributed by atoms with Gasteiger partial charge in [-0.1, -0.05) is 0 Å². The SMILES string of the molecule is OC1CCCC(NCc2cn[nH]c2-c2cccnc2)C1. The molecule has 1 aliphatic rings. The Morgan fingerprint density at radius 1 is 1.35 bits per heavy atom. The fourth-order valence-electron chi connectivity index (χ4n) is 2.81. The molecule has 106 valence electrons. The molecular formula is C15H20N4O. The zero-order valence-electron chi connectivity index (χ0n) is 11.4. The van der Waals surface area contributed by atoms with Crippen LogP contribution in [-0.2, 0) is 6.54 Å². The molecule has 0 saturated heterocycles. The maximum Gasteiger partial charge on any atom is 0.0710 e. The van der Waals surface area contributed by atoms with Gasteiger partial charge in [0.05, 0.1) is 18.0 Å². The molecule has 2 unspecified atom stereocenters. The van der Waals surface area contributed by atoms with Crippen LogP contribution in [0.15, 0.2) is 30.7 Å². The summed E-state index contributed by atoms with van der Waals surface area (Å²) in [6.07, 6.45) is 9.32. The first-order valence-corrected chi connectivity index (χ1v) is 7.17. The Morgan fingerprint density at radius 2 is 2.30 bits per heavy atom. The number of hydrogen-bond donors (Lipinski definition) is 3. The van der Waals surface area contributed by atoms with E-state index in [2.05, 4.69) is 20.5 Å². The van der Waals surface area contributed by atoms with E-state index in [0.29, 0.717) is 6.04 Å². The molecular weight excluding hydrogens is 252 g/mol. The minimum Gasteiger partial charge on any atom is -0.393 e. The van der Waals surface area contributed by atoms with Crippen LogP contribution in [-0.4, -0.2) is 32.4 Å². The van der Waals surface area contributed by atoms with Crippen molar-refractivity contribution in [3.05, 3.63) is 36.3 Å². The summed E-state index contributed by atoms with van der Waals surface area (Å²) >= 11 is 0. The largest absolute Gasteiger partial charge is 0.393 e. The van der Waals surface area contributed by atoms with Crippen molar-refractivity contribution in [2.75, 3.05) is 0 Å². The predicted molar refractivity (Wildman–Crippen MR) is 76.9 cm³/mol. The average Bonchev–Trinajstić information content (AvgIpc) is 2.95. The van der Waals surface area contributed by atoms with Gasteiger partial charge in [-0.05, 0) is 37.8 Å². The molecule has 5 heteroatoms. The molecule has 2 aromatic rings. The van der Waals surface area contributed by atoms with Gasteiger partial charge in [0.2, 0.25) is 0 Å². The topological polar surface area (TPSA) is 73.8 Å². The first-order chi connectivity index (χ1) is 9.83. The van der Waals surface area contributed by atoms with Crippen molar-refractivity contribution in [2.24, 2.45) is 0 Å². The maximum absolute atomic E-state index is 9.70. The van der Waals surface area contributed by atoms with Gasteiger partial charge < -0.3 is 10.4 Å². The standard InChI is InChI=1S/C15H20N4O/c20-14-5-1-4-13(7-14)17-9-12-10-18-19-15(12)11-3-2-6-16-8-11/h2-3,6,8,10,13-14,17,20H,1,4-5,7,9H2,(H,18,19). The highest BCUT2D eigenvalue weighted by atomic mass is 16.3. The minimum atomic E-state index is -0.150. The second kappa shape index (κ2) is 6.15. The highest BCUT2D eigenvalue weighted by Gasteiger charge is 2.20. The lowest BCUT2D eigenvalue weighted by atomic mass is 9.93. The molecule has 1 fully saturated rings. The van der Waals surface area contributed by atoms with E-state index in [1.807, 2.05) is 24.5 Å². The maximum atomic E-state index is 9.70. The third-order valence-electron chi connectivity index (χ3n) is 3.90. The zero-order valence-corrected chi connectivity index (χ0v) is 11.4. The van der Waals surface area contributed by atoms with Gasteiger partial charge in [0, 0.05) is 36.1 Å². The van der Waals surface area contributed by atoms with Gasteiger partial charge in [0.15, 0.2) is 0 Å². The average molecular weight is 272 g/mol. The molecule has 3 rings (SSSR count). The molecule has 1 aliphatic carbocycles. The summed E-state index contributed by atoms with van der Waals surface area (Å²) in [5.41, 5.74) is 3.20. The quantitative estimate of drug-likeness (QED) is 0.794. The van der Waals surface area contributed by atoms with Gasteiger partial charge in [0.25, 0.3) is 0 Å². The summed E-state index contributed by atoms with van der Waals surface area (Å²) in [4.78, 5) is 4.14. The molecule has 1 saturated carbocycles. The van der Waals surface area contributed by atoms with Crippen molar-refractivity contribution >= 4 is 0 Å². The first kappa shape index (κ1) is 13.3. The highest BCUT2D eigenvalue weighted by Crippen LogP contribution is 2.22. The Kier molecular flexibility index (Phi) is 4.08. The molecule has 0 aromatic carbocycles. The van der Waals surface area contributed by atoms with E-state index in [4.69, 9.17) is 0 Å². The van der Waals surface area contributed by atoms with Crippen LogP contribution in [0.4, 0.5) is 0 Å². The van der Waals surface area contributed by atoms with Crippen LogP contribution in [0.3, 0.4) is 0 Å². The van der Waals surface area contributed by atoms with Crippen LogP contribution in [0.2, 0.25) is 0 Å². The molecule has 2 atom stereocenters. The summed E-state index contributed by atoms with van der Waals surface area (Å²) in [7, 11) is 0. The van der Waals surface area contributed by atoms with E-state index in [9.17, 15) is 5.11 Å².